The van der Waals surface area contributed by atoms with Crippen LogP contribution in [0, 0.1) is 5.92 Å². The van der Waals surface area contributed by atoms with Gasteiger partial charge in [-0.25, -0.2) is 0 Å². The average molecular weight is 756 g/mol. The van der Waals surface area contributed by atoms with Crippen molar-refractivity contribution in [2.75, 3.05) is 81.1 Å². The lowest BCUT2D eigenvalue weighted by Crippen LogP contribution is -2.43. The second kappa shape index (κ2) is 16.0. The molecule has 4 aliphatic heterocycles. The molecule has 2 aromatic heterocycles. The second-order valence-corrected chi connectivity index (χ2v) is 15.4. The van der Waals surface area contributed by atoms with E-state index in [1.54, 1.807) is 24.3 Å². The van der Waals surface area contributed by atoms with Crippen LogP contribution < -0.4 is 20.9 Å². The van der Waals surface area contributed by atoms with Gasteiger partial charge in [0.25, 0.3) is 5.91 Å². The molecule has 0 bridgehead atoms. The number of benzene rings is 3. The summed E-state index contributed by atoms with van der Waals surface area (Å²) in [5, 5.41) is 22.9. The fourth-order valence-electron chi connectivity index (χ4n) is 8.85. The van der Waals surface area contributed by atoms with Gasteiger partial charge in [-0.2, -0.15) is 0 Å². The molecular weight excluding hydrogens is 703 g/mol. The Balaban J connectivity index is 0.757. The van der Waals surface area contributed by atoms with E-state index in [2.05, 4.69) is 60.3 Å². The van der Waals surface area contributed by atoms with Crippen LogP contribution >= 0.6 is 0 Å². The maximum Gasteiger partial charge on any atom is 0.253 e. The summed E-state index contributed by atoms with van der Waals surface area (Å²) in [6.07, 6.45) is 9.83. The number of piperidine rings is 2. The zero-order valence-corrected chi connectivity index (χ0v) is 31.6. The number of morpholine rings is 1. The van der Waals surface area contributed by atoms with Gasteiger partial charge in [-0.1, -0.05) is 36.4 Å². The second-order valence-electron chi connectivity index (χ2n) is 15.4. The van der Waals surface area contributed by atoms with Crippen molar-refractivity contribution >= 4 is 34.0 Å². The molecule has 3 saturated heterocycles. The van der Waals surface area contributed by atoms with E-state index < -0.39 is 13.2 Å². The minimum atomic E-state index is -0.691. The molecule has 12 nitrogen and oxygen atoms in total. The molecular formula is C44H51N9O3. The lowest BCUT2D eigenvalue weighted by Gasteiger charge is -2.38. The molecule has 3 aromatic carbocycles. The predicted molar refractivity (Wildman–Crippen MR) is 221 cm³/mol. The van der Waals surface area contributed by atoms with Gasteiger partial charge in [0.1, 0.15) is 11.9 Å². The standard InChI is InChI=1S/C44H51N9O3/c45-43-40(27-37(47-48-43)35-5-1-2-8-41(35)54)51-25-26-56-42(29-51)32-9-11-33(12-10-32)44(55)50-22-13-31(14-23-50)28-49-20-15-34(16-21-49)53-24-17-36-38(6-3-7-39(36)53)52-19-4-18-46-30-52/h1-12,17,19,24,27,31,34,42,46,54H,13-16,18,20-23,25-26,28-30H2,(H2,45,48)/i18D,30D/t18?,30-,42?/m1/s1. The molecule has 56 heavy (non-hydrogen) atoms. The molecule has 290 valence electrons. The van der Waals surface area contributed by atoms with Crippen LogP contribution in [0.2, 0.25) is 0 Å². The Labute approximate surface area is 331 Å². The summed E-state index contributed by atoms with van der Waals surface area (Å²) in [6.45, 7) is 5.20. The van der Waals surface area contributed by atoms with Crippen molar-refractivity contribution < 1.29 is 17.4 Å². The number of rotatable bonds is 8. The van der Waals surface area contributed by atoms with Gasteiger partial charge in [0, 0.05) is 88.7 Å². The van der Waals surface area contributed by atoms with Crippen LogP contribution in [0.3, 0.4) is 0 Å². The highest BCUT2D eigenvalue weighted by atomic mass is 16.5. The normalized spacial score (nSPS) is 23.4. The van der Waals surface area contributed by atoms with E-state index in [0.29, 0.717) is 54.3 Å². The minimum absolute atomic E-state index is 0.0813. The number of nitrogen functional groups attached to an aromatic ring is 1. The first-order valence-electron chi connectivity index (χ1n) is 21.0. The van der Waals surface area contributed by atoms with Crippen molar-refractivity contribution in [3.8, 4) is 17.0 Å². The van der Waals surface area contributed by atoms with E-state index in [4.69, 9.17) is 13.2 Å². The lowest BCUT2D eigenvalue weighted by atomic mass is 9.94. The van der Waals surface area contributed by atoms with E-state index in [1.165, 1.54) is 5.52 Å². The number of nitrogens with zero attached hydrogens (tertiary/aromatic N) is 7. The van der Waals surface area contributed by atoms with Crippen LogP contribution in [0.25, 0.3) is 22.2 Å². The van der Waals surface area contributed by atoms with Gasteiger partial charge in [-0.3, -0.25) is 10.1 Å². The average Bonchev–Trinajstić information content (AvgIpc) is 3.69. The number of para-hydroxylation sites is 1. The number of ether oxygens (including phenoxy) is 1. The Kier molecular flexibility index (Phi) is 9.66. The van der Waals surface area contributed by atoms with Gasteiger partial charge in [-0.05, 0) is 85.7 Å². The summed E-state index contributed by atoms with van der Waals surface area (Å²) in [5.41, 5.74) is 12.1. The molecule has 3 atom stereocenters. The van der Waals surface area contributed by atoms with Crippen LogP contribution in [-0.2, 0) is 4.74 Å². The fourth-order valence-corrected chi connectivity index (χ4v) is 8.85. The number of amides is 1. The number of phenols is 1. The zero-order chi connectivity index (χ0) is 39.8. The fraction of sp³-hybridized carbons (Fsp3) is 0.386. The van der Waals surface area contributed by atoms with Crippen molar-refractivity contribution in [1.29, 1.82) is 0 Å². The number of nitrogens with two attached hydrogens (primary N) is 1. The van der Waals surface area contributed by atoms with Gasteiger partial charge in [0.15, 0.2) is 5.82 Å². The minimum Gasteiger partial charge on any atom is -0.507 e. The van der Waals surface area contributed by atoms with Gasteiger partial charge in [0.05, 0.1) is 37.2 Å². The summed E-state index contributed by atoms with van der Waals surface area (Å²) in [5.74, 6) is 1.12. The van der Waals surface area contributed by atoms with Gasteiger partial charge in [-0.15, -0.1) is 10.2 Å². The van der Waals surface area contributed by atoms with E-state index in [0.717, 1.165) is 80.7 Å². The van der Waals surface area contributed by atoms with E-state index in [-0.39, 0.29) is 17.8 Å². The molecule has 2 unspecified atom stereocenters. The number of fused-ring (bicyclic) bond motifs is 1. The third kappa shape index (κ3) is 7.44. The first-order chi connectivity index (χ1) is 28.3. The van der Waals surface area contributed by atoms with E-state index in [9.17, 15) is 9.90 Å². The topological polar surface area (TPSA) is 128 Å². The van der Waals surface area contributed by atoms with Crippen molar-refractivity contribution in [3.63, 3.8) is 0 Å². The molecule has 4 N–H and O–H groups in total. The smallest absolute Gasteiger partial charge is 0.253 e. The van der Waals surface area contributed by atoms with Crippen molar-refractivity contribution in [3.05, 3.63) is 108 Å². The quantitative estimate of drug-likeness (QED) is 0.173. The molecule has 3 fully saturated rings. The molecule has 0 aliphatic carbocycles. The molecule has 5 aromatic rings. The van der Waals surface area contributed by atoms with Crippen LogP contribution in [-0.4, -0.2) is 101 Å². The van der Waals surface area contributed by atoms with Crippen molar-refractivity contribution in [2.24, 2.45) is 5.92 Å². The van der Waals surface area contributed by atoms with Gasteiger partial charge >= 0.3 is 0 Å². The van der Waals surface area contributed by atoms with E-state index >= 15 is 0 Å². The molecule has 4 aliphatic rings. The Hall–Kier alpha value is -5.43. The van der Waals surface area contributed by atoms with Crippen LogP contribution in [0.1, 0.15) is 56.5 Å². The third-order valence-electron chi connectivity index (χ3n) is 12.0. The molecule has 6 heterocycles. The van der Waals surface area contributed by atoms with Crippen LogP contribution in [0.4, 0.5) is 17.2 Å². The first kappa shape index (κ1) is 33.9. The molecule has 1 amide bonds. The summed E-state index contributed by atoms with van der Waals surface area (Å²) in [6, 6.07) is 25.7. The number of phenolic OH excluding ortho intramolecular Hbond substituents is 1. The highest BCUT2D eigenvalue weighted by Crippen LogP contribution is 2.36. The number of aromatic nitrogens is 3. The van der Waals surface area contributed by atoms with Crippen molar-refractivity contribution in [1.82, 2.24) is 29.9 Å². The summed E-state index contributed by atoms with van der Waals surface area (Å²) in [7, 11) is 0. The molecule has 0 radical (unpaired) electrons. The Bertz CT molecular complexity index is 2270. The summed E-state index contributed by atoms with van der Waals surface area (Å²) < 4.78 is 25.0. The highest BCUT2D eigenvalue weighted by molar-refractivity contribution is 5.94. The highest BCUT2D eigenvalue weighted by Gasteiger charge is 2.29. The Morgan fingerprint density at radius 2 is 1.75 bits per heavy atom. The maximum absolute atomic E-state index is 13.6. The Morgan fingerprint density at radius 1 is 0.929 bits per heavy atom. The number of carbonyl (C=O) groups excluding carboxylic acids is 1. The predicted octanol–water partition coefficient (Wildman–Crippen LogP) is 6.03. The number of nitrogens with one attached hydrogen (secondary N) is 1. The van der Waals surface area contributed by atoms with Gasteiger partial charge < -0.3 is 39.7 Å². The number of hydrogen-bond acceptors (Lipinski definition) is 10. The SMILES string of the molecule is [2H]C1C=CN(c2cccc3c2ccn3C2CCN(CC3CCN(C(=O)c4ccc(C5CN(c6cc(-c7ccccc7O)nnc6N)CCO5)cc4)CC3)CC2)[C@H]([2H])N1. The van der Waals surface area contributed by atoms with Crippen LogP contribution in [0.5, 0.6) is 5.75 Å². The monoisotopic (exact) mass is 755 g/mol. The maximum atomic E-state index is 13.6. The largest absolute Gasteiger partial charge is 0.507 e. The first-order valence-corrected chi connectivity index (χ1v) is 19.9. The Morgan fingerprint density at radius 3 is 2.55 bits per heavy atom. The summed E-state index contributed by atoms with van der Waals surface area (Å²) >= 11 is 0. The number of anilines is 3. The number of aromatic hydroxyl groups is 1. The summed E-state index contributed by atoms with van der Waals surface area (Å²) in [4.78, 5) is 22.3. The third-order valence-corrected chi connectivity index (χ3v) is 12.0. The number of hydrogen-bond donors (Lipinski definition) is 3. The van der Waals surface area contributed by atoms with Crippen molar-refractivity contribution in [2.45, 2.75) is 37.8 Å². The van der Waals surface area contributed by atoms with Gasteiger partial charge in [0.2, 0.25) is 0 Å². The molecule has 0 spiro atoms. The number of likely N-dealkylation sites (tertiary alicyclic amines) is 2. The molecule has 12 heteroatoms. The van der Waals surface area contributed by atoms with Crippen LogP contribution in [0.15, 0.2) is 97.3 Å². The number of carbonyl (C=O) groups is 1. The molecule has 0 saturated carbocycles. The van der Waals surface area contributed by atoms with E-state index in [1.807, 2.05) is 52.4 Å². The molecule has 9 rings (SSSR count). The lowest BCUT2D eigenvalue weighted by molar-refractivity contribution is 0.0398. The zero-order valence-electron chi connectivity index (χ0n) is 33.6.